The molecule has 0 heterocycles. The zero-order valence-corrected chi connectivity index (χ0v) is 9.25. The summed E-state index contributed by atoms with van der Waals surface area (Å²) < 4.78 is 0. The van der Waals surface area contributed by atoms with Gasteiger partial charge in [-0.3, -0.25) is 4.79 Å². The summed E-state index contributed by atoms with van der Waals surface area (Å²) in [6.07, 6.45) is 0.697. The molecule has 0 bridgehead atoms. The number of carbonyl (C=O) groups is 2. The van der Waals surface area contributed by atoms with Crippen molar-refractivity contribution >= 4 is 12.0 Å². The molecule has 0 atom stereocenters. The van der Waals surface area contributed by atoms with Gasteiger partial charge in [-0.2, -0.15) is 0 Å². The normalized spacial score (nSPS) is 9.47. The number of aliphatic carboxylic acids is 1. The van der Waals surface area contributed by atoms with Gasteiger partial charge >= 0.3 is 12.0 Å². The van der Waals surface area contributed by atoms with E-state index in [2.05, 4.69) is 11.9 Å². The highest BCUT2D eigenvalue weighted by atomic mass is 16.4. The Morgan fingerprint density at radius 2 is 2.00 bits per heavy atom. The minimum atomic E-state index is -0.906. The zero-order valence-electron chi connectivity index (χ0n) is 9.25. The molecule has 0 aliphatic heterocycles. The van der Waals surface area contributed by atoms with E-state index in [1.807, 2.05) is 6.92 Å². The maximum absolute atomic E-state index is 11.3. The number of carboxylic acid groups (broad SMARTS) is 1. The maximum atomic E-state index is 11.3. The molecular weight excluding hydrogens is 196 g/mol. The average molecular weight is 214 g/mol. The lowest BCUT2D eigenvalue weighted by molar-refractivity contribution is -0.137. The number of hydrogen-bond donors (Lipinski definition) is 2. The predicted molar refractivity (Wildman–Crippen MR) is 57.7 cm³/mol. The molecule has 2 amide bonds. The molecule has 0 aromatic heterocycles. The second-order valence-corrected chi connectivity index (χ2v) is 3.50. The number of carboxylic acids is 1. The third-order valence-corrected chi connectivity index (χ3v) is 1.84. The Bertz CT molecular complexity index is 251. The van der Waals surface area contributed by atoms with Crippen LogP contribution in [0.25, 0.3) is 0 Å². The Morgan fingerprint density at radius 3 is 2.47 bits per heavy atom. The summed E-state index contributed by atoms with van der Waals surface area (Å²) in [5.41, 5.74) is 1.00. The lowest BCUT2D eigenvalue weighted by Gasteiger charge is -2.16. The smallest absolute Gasteiger partial charge is 0.317 e. The van der Waals surface area contributed by atoms with E-state index < -0.39 is 5.97 Å². The van der Waals surface area contributed by atoms with Crippen molar-refractivity contribution in [2.75, 3.05) is 20.1 Å². The van der Waals surface area contributed by atoms with E-state index >= 15 is 0 Å². The van der Waals surface area contributed by atoms with Crippen LogP contribution in [0.1, 0.15) is 19.8 Å². The first-order chi connectivity index (χ1) is 6.93. The van der Waals surface area contributed by atoms with Crippen LogP contribution < -0.4 is 5.32 Å². The largest absolute Gasteiger partial charge is 0.481 e. The van der Waals surface area contributed by atoms with Gasteiger partial charge in [0.25, 0.3) is 0 Å². The summed E-state index contributed by atoms with van der Waals surface area (Å²) in [6.45, 7) is 6.35. The highest BCUT2D eigenvalue weighted by Gasteiger charge is 2.08. The molecule has 2 N–H and O–H groups in total. The predicted octanol–water partition coefficient (Wildman–Crippen LogP) is 1.07. The molecule has 0 rings (SSSR count). The van der Waals surface area contributed by atoms with Crippen molar-refractivity contribution in [1.29, 1.82) is 0 Å². The molecule has 0 aliphatic rings. The molecule has 0 fully saturated rings. The van der Waals surface area contributed by atoms with Gasteiger partial charge in [0.05, 0.1) is 6.42 Å². The zero-order chi connectivity index (χ0) is 11.8. The maximum Gasteiger partial charge on any atom is 0.317 e. The number of nitrogens with zero attached hydrogens (tertiary/aromatic N) is 1. The van der Waals surface area contributed by atoms with Crippen LogP contribution in [-0.2, 0) is 4.79 Å². The molecule has 5 nitrogen and oxygen atoms in total. The van der Waals surface area contributed by atoms with E-state index in [1.54, 1.807) is 7.05 Å². The standard InChI is InChI=1S/C10H18N2O3/c1-8(2)4-6-11-10(15)12(3)7-5-9(13)14/h1,4-7H2,2-3H3,(H,11,15)(H,13,14). The molecule has 5 heteroatoms. The van der Waals surface area contributed by atoms with Crippen LogP contribution >= 0.6 is 0 Å². The SMILES string of the molecule is C=C(C)CCNC(=O)N(C)CCC(=O)O. The van der Waals surface area contributed by atoms with Gasteiger partial charge in [-0.15, -0.1) is 6.58 Å². The van der Waals surface area contributed by atoms with E-state index in [9.17, 15) is 9.59 Å². The number of hydrogen-bond acceptors (Lipinski definition) is 2. The molecule has 0 saturated heterocycles. The van der Waals surface area contributed by atoms with Gasteiger partial charge in [0.1, 0.15) is 0 Å². The molecule has 0 aromatic carbocycles. The number of rotatable bonds is 6. The fourth-order valence-electron chi connectivity index (χ4n) is 0.883. The van der Waals surface area contributed by atoms with Gasteiger partial charge in [0, 0.05) is 20.1 Å². The van der Waals surface area contributed by atoms with Crippen LogP contribution in [0.3, 0.4) is 0 Å². The van der Waals surface area contributed by atoms with Crippen molar-refractivity contribution in [3.63, 3.8) is 0 Å². The van der Waals surface area contributed by atoms with Crippen molar-refractivity contribution < 1.29 is 14.7 Å². The Balaban J connectivity index is 3.69. The lowest BCUT2D eigenvalue weighted by atomic mass is 10.2. The molecule has 0 unspecified atom stereocenters. The molecule has 0 radical (unpaired) electrons. The minimum Gasteiger partial charge on any atom is -0.481 e. The van der Waals surface area contributed by atoms with Gasteiger partial charge in [-0.25, -0.2) is 4.79 Å². The second-order valence-electron chi connectivity index (χ2n) is 3.50. The van der Waals surface area contributed by atoms with Gasteiger partial charge in [0.15, 0.2) is 0 Å². The average Bonchev–Trinajstić information content (AvgIpc) is 2.13. The van der Waals surface area contributed by atoms with E-state index in [4.69, 9.17) is 5.11 Å². The third kappa shape index (κ3) is 7.54. The second kappa shape index (κ2) is 6.86. The molecule has 0 aliphatic carbocycles. The number of urea groups is 1. The van der Waals surface area contributed by atoms with Gasteiger partial charge in [-0.05, 0) is 13.3 Å². The summed E-state index contributed by atoms with van der Waals surface area (Å²) >= 11 is 0. The molecule has 0 spiro atoms. The fraction of sp³-hybridized carbons (Fsp3) is 0.600. The summed E-state index contributed by atoms with van der Waals surface area (Å²) in [6, 6.07) is -0.252. The topological polar surface area (TPSA) is 69.6 Å². The fourth-order valence-corrected chi connectivity index (χ4v) is 0.883. The summed E-state index contributed by atoms with van der Waals surface area (Å²) in [4.78, 5) is 22.9. The summed E-state index contributed by atoms with van der Waals surface area (Å²) in [5, 5.41) is 11.1. The van der Waals surface area contributed by atoms with Crippen molar-refractivity contribution in [2.45, 2.75) is 19.8 Å². The van der Waals surface area contributed by atoms with Crippen molar-refractivity contribution in [3.05, 3.63) is 12.2 Å². The number of amides is 2. The van der Waals surface area contributed by atoms with Crippen LogP contribution in [0.2, 0.25) is 0 Å². The highest BCUT2D eigenvalue weighted by molar-refractivity contribution is 5.74. The Morgan fingerprint density at radius 1 is 1.40 bits per heavy atom. The number of nitrogens with one attached hydrogen (secondary N) is 1. The van der Waals surface area contributed by atoms with E-state index in [0.29, 0.717) is 6.54 Å². The molecule has 15 heavy (non-hydrogen) atoms. The summed E-state index contributed by atoms with van der Waals surface area (Å²) in [5.74, 6) is -0.906. The minimum absolute atomic E-state index is 0.0373. The van der Waals surface area contributed by atoms with E-state index in [-0.39, 0.29) is 19.0 Å². The first kappa shape index (κ1) is 13.5. The van der Waals surface area contributed by atoms with Crippen LogP contribution in [0, 0.1) is 0 Å². The quantitative estimate of drug-likeness (QED) is 0.650. The van der Waals surface area contributed by atoms with Gasteiger partial charge < -0.3 is 15.3 Å². The Labute approximate surface area is 89.8 Å². The first-order valence-corrected chi connectivity index (χ1v) is 4.78. The van der Waals surface area contributed by atoms with E-state index in [1.165, 1.54) is 4.90 Å². The lowest BCUT2D eigenvalue weighted by Crippen LogP contribution is -2.38. The van der Waals surface area contributed by atoms with Crippen LogP contribution in [0.4, 0.5) is 4.79 Å². The molecule has 0 saturated carbocycles. The van der Waals surface area contributed by atoms with E-state index in [0.717, 1.165) is 12.0 Å². The van der Waals surface area contributed by atoms with Crippen LogP contribution in [0.15, 0.2) is 12.2 Å². The molecule has 0 aromatic rings. The van der Waals surface area contributed by atoms with Gasteiger partial charge in [-0.1, -0.05) is 5.57 Å². The van der Waals surface area contributed by atoms with Crippen molar-refractivity contribution in [2.24, 2.45) is 0 Å². The molecule has 86 valence electrons. The van der Waals surface area contributed by atoms with Crippen LogP contribution in [-0.4, -0.2) is 42.1 Å². The monoisotopic (exact) mass is 214 g/mol. The number of carbonyl (C=O) groups excluding carboxylic acids is 1. The Hall–Kier alpha value is -1.52. The van der Waals surface area contributed by atoms with Crippen LogP contribution in [0.5, 0.6) is 0 Å². The highest BCUT2D eigenvalue weighted by Crippen LogP contribution is 1.93. The van der Waals surface area contributed by atoms with Crippen molar-refractivity contribution in [1.82, 2.24) is 10.2 Å². The molecular formula is C10H18N2O3. The summed E-state index contributed by atoms with van der Waals surface area (Å²) in [7, 11) is 1.57. The van der Waals surface area contributed by atoms with Crippen molar-refractivity contribution in [3.8, 4) is 0 Å². The first-order valence-electron chi connectivity index (χ1n) is 4.78. The van der Waals surface area contributed by atoms with Gasteiger partial charge in [0.2, 0.25) is 0 Å². The third-order valence-electron chi connectivity index (χ3n) is 1.84. The Kier molecular flexibility index (Phi) is 6.17.